The number of esters is 1. The minimum Gasteiger partial charge on any atom is -0.461 e. The van der Waals surface area contributed by atoms with Gasteiger partial charge in [0.1, 0.15) is 0 Å². The number of carbonyl (C=O) groups is 1. The van der Waals surface area contributed by atoms with Gasteiger partial charge in [-0.25, -0.2) is 9.42 Å². The first-order chi connectivity index (χ1) is 11.6. The van der Waals surface area contributed by atoms with Gasteiger partial charge in [-0.2, -0.15) is 4.68 Å². The van der Waals surface area contributed by atoms with Crippen LogP contribution in [0.5, 0.6) is 0 Å². The van der Waals surface area contributed by atoms with E-state index in [2.05, 4.69) is 37.1 Å². The van der Waals surface area contributed by atoms with Crippen LogP contribution in [-0.4, -0.2) is 55.9 Å². The second-order valence-electron chi connectivity index (χ2n) is 5.95. The van der Waals surface area contributed by atoms with E-state index in [1.807, 2.05) is 0 Å². The summed E-state index contributed by atoms with van der Waals surface area (Å²) in [6.07, 6.45) is 2.23. The highest BCUT2D eigenvalue weighted by molar-refractivity contribution is 5.88. The number of nitrogens with zero attached hydrogens (tertiary/aromatic N) is 6. The Balaban J connectivity index is 1.92. The third-order valence-corrected chi connectivity index (χ3v) is 4.18. The molecular formula is C14H21N7O3. The zero-order valence-corrected chi connectivity index (χ0v) is 13.8. The molecule has 2 N–H and O–H groups in total. The summed E-state index contributed by atoms with van der Waals surface area (Å²) in [5.74, 6) is 0.505. The molecule has 0 saturated carbocycles. The van der Waals surface area contributed by atoms with E-state index in [4.69, 9.17) is 10.5 Å². The minimum absolute atomic E-state index is 0.0869. The first-order valence-corrected chi connectivity index (χ1v) is 8.02. The molecule has 0 radical (unpaired) electrons. The molecule has 1 aliphatic heterocycles. The zero-order chi connectivity index (χ0) is 17.1. The molecule has 10 heteroatoms. The Morgan fingerprint density at radius 3 is 2.75 bits per heavy atom. The van der Waals surface area contributed by atoms with Gasteiger partial charge in [0.2, 0.25) is 11.6 Å². The first kappa shape index (κ1) is 16.4. The van der Waals surface area contributed by atoms with Crippen molar-refractivity contribution in [3.63, 3.8) is 0 Å². The van der Waals surface area contributed by atoms with Gasteiger partial charge >= 0.3 is 5.97 Å². The van der Waals surface area contributed by atoms with E-state index in [0.717, 1.165) is 25.9 Å². The molecule has 0 unspecified atom stereocenters. The Bertz CT molecular complexity index is 703. The monoisotopic (exact) mass is 335 g/mol. The summed E-state index contributed by atoms with van der Waals surface area (Å²) < 4.78 is 11.1. The normalized spacial score (nSPS) is 16.4. The van der Waals surface area contributed by atoms with Crippen LogP contribution in [0.3, 0.4) is 0 Å². The summed E-state index contributed by atoms with van der Waals surface area (Å²) in [5, 5.41) is 15.3. The van der Waals surface area contributed by atoms with Crippen molar-refractivity contribution in [2.24, 2.45) is 5.92 Å². The summed E-state index contributed by atoms with van der Waals surface area (Å²) in [7, 11) is 0. The van der Waals surface area contributed by atoms with E-state index < -0.39 is 5.97 Å². The summed E-state index contributed by atoms with van der Waals surface area (Å²) in [6, 6.07) is 0. The van der Waals surface area contributed by atoms with Crippen molar-refractivity contribution in [3.05, 3.63) is 11.4 Å². The van der Waals surface area contributed by atoms with Crippen LogP contribution in [0.15, 0.2) is 4.63 Å². The second kappa shape index (κ2) is 6.95. The van der Waals surface area contributed by atoms with E-state index in [1.54, 1.807) is 6.92 Å². The van der Waals surface area contributed by atoms with Crippen molar-refractivity contribution in [3.8, 4) is 5.82 Å². The summed E-state index contributed by atoms with van der Waals surface area (Å²) in [4.78, 5) is 14.4. The van der Waals surface area contributed by atoms with Crippen LogP contribution in [0.2, 0.25) is 0 Å². The van der Waals surface area contributed by atoms with Gasteiger partial charge in [0.25, 0.3) is 0 Å². The SMILES string of the molecule is CCOC(=O)c1nnn(-c2nonc2N)c1CN1CCC(C)CC1. The minimum atomic E-state index is -0.515. The van der Waals surface area contributed by atoms with Gasteiger partial charge in [0.15, 0.2) is 5.69 Å². The fraction of sp³-hybridized carbons (Fsp3) is 0.643. The molecule has 0 aromatic carbocycles. The Kier molecular flexibility index (Phi) is 4.74. The zero-order valence-electron chi connectivity index (χ0n) is 13.8. The fourth-order valence-corrected chi connectivity index (χ4v) is 2.74. The molecule has 24 heavy (non-hydrogen) atoms. The van der Waals surface area contributed by atoms with E-state index in [-0.39, 0.29) is 23.9 Å². The number of nitrogens with two attached hydrogens (primary N) is 1. The van der Waals surface area contributed by atoms with Crippen LogP contribution >= 0.6 is 0 Å². The quantitative estimate of drug-likeness (QED) is 0.783. The molecule has 3 rings (SSSR count). The van der Waals surface area contributed by atoms with Gasteiger partial charge in [0.05, 0.1) is 12.3 Å². The number of aromatic nitrogens is 5. The Morgan fingerprint density at radius 1 is 1.38 bits per heavy atom. The number of anilines is 1. The predicted molar refractivity (Wildman–Crippen MR) is 83.3 cm³/mol. The number of nitrogen functional groups attached to an aromatic ring is 1. The van der Waals surface area contributed by atoms with Crippen LogP contribution in [-0.2, 0) is 11.3 Å². The number of piperidine rings is 1. The van der Waals surface area contributed by atoms with Crippen LogP contribution in [0.25, 0.3) is 5.82 Å². The maximum absolute atomic E-state index is 12.2. The van der Waals surface area contributed by atoms with Gasteiger partial charge in [0, 0.05) is 6.54 Å². The third kappa shape index (κ3) is 3.23. The molecule has 0 bridgehead atoms. The van der Waals surface area contributed by atoms with Crippen molar-refractivity contribution in [2.75, 3.05) is 25.4 Å². The molecular weight excluding hydrogens is 314 g/mol. The van der Waals surface area contributed by atoms with Crippen LogP contribution in [0.1, 0.15) is 42.9 Å². The molecule has 1 aliphatic rings. The molecule has 1 saturated heterocycles. The lowest BCUT2D eigenvalue weighted by Crippen LogP contribution is -2.33. The average molecular weight is 335 g/mol. The Morgan fingerprint density at radius 2 is 2.12 bits per heavy atom. The summed E-state index contributed by atoms with van der Waals surface area (Å²) >= 11 is 0. The highest BCUT2D eigenvalue weighted by Gasteiger charge is 2.27. The first-order valence-electron chi connectivity index (χ1n) is 8.02. The molecule has 0 atom stereocenters. The average Bonchev–Trinajstić information content (AvgIpc) is 3.16. The van der Waals surface area contributed by atoms with Crippen molar-refractivity contribution in [2.45, 2.75) is 33.2 Å². The molecule has 3 heterocycles. The van der Waals surface area contributed by atoms with Gasteiger partial charge < -0.3 is 10.5 Å². The lowest BCUT2D eigenvalue weighted by molar-refractivity contribution is 0.0516. The molecule has 10 nitrogen and oxygen atoms in total. The maximum Gasteiger partial charge on any atom is 0.360 e. The topological polar surface area (TPSA) is 125 Å². The molecule has 0 amide bonds. The van der Waals surface area contributed by atoms with Crippen LogP contribution < -0.4 is 5.73 Å². The second-order valence-corrected chi connectivity index (χ2v) is 5.95. The molecule has 0 spiro atoms. The largest absolute Gasteiger partial charge is 0.461 e. The van der Waals surface area contributed by atoms with Crippen molar-refractivity contribution in [1.29, 1.82) is 0 Å². The molecule has 130 valence electrons. The highest BCUT2D eigenvalue weighted by Crippen LogP contribution is 2.22. The van der Waals surface area contributed by atoms with Crippen LogP contribution in [0.4, 0.5) is 5.82 Å². The number of hydrogen-bond donors (Lipinski definition) is 1. The number of likely N-dealkylation sites (tertiary alicyclic amines) is 1. The van der Waals surface area contributed by atoms with Gasteiger partial charge in [-0.3, -0.25) is 4.90 Å². The standard InChI is InChI=1S/C14H21N7O3/c1-3-23-14(22)11-10(8-20-6-4-9(2)5-7-20)21(19-16-11)13-12(15)17-24-18-13/h9H,3-8H2,1-2H3,(H2,15,17). The van der Waals surface area contributed by atoms with Crippen LogP contribution in [0, 0.1) is 5.92 Å². The summed E-state index contributed by atoms with van der Waals surface area (Å²) in [5.41, 5.74) is 6.49. The van der Waals surface area contributed by atoms with Crippen molar-refractivity contribution >= 4 is 11.8 Å². The maximum atomic E-state index is 12.2. The summed E-state index contributed by atoms with van der Waals surface area (Å²) in [6.45, 7) is 6.64. The number of carbonyl (C=O) groups excluding carboxylic acids is 1. The lowest BCUT2D eigenvalue weighted by Gasteiger charge is -2.30. The lowest BCUT2D eigenvalue weighted by atomic mass is 9.99. The van der Waals surface area contributed by atoms with E-state index >= 15 is 0 Å². The molecule has 0 aliphatic carbocycles. The number of ether oxygens (including phenoxy) is 1. The number of rotatable bonds is 5. The Hall–Kier alpha value is -2.49. The highest BCUT2D eigenvalue weighted by atomic mass is 16.6. The van der Waals surface area contributed by atoms with Gasteiger partial charge in [-0.1, -0.05) is 12.1 Å². The molecule has 2 aromatic heterocycles. The Labute approximate surface area is 138 Å². The predicted octanol–water partition coefficient (Wildman–Crippen LogP) is 0.641. The third-order valence-electron chi connectivity index (χ3n) is 4.18. The fourth-order valence-electron chi connectivity index (χ4n) is 2.74. The van der Waals surface area contributed by atoms with Gasteiger partial charge in [-0.15, -0.1) is 5.10 Å². The van der Waals surface area contributed by atoms with E-state index in [0.29, 0.717) is 18.2 Å². The molecule has 1 fully saturated rings. The van der Waals surface area contributed by atoms with E-state index in [1.165, 1.54) is 4.68 Å². The smallest absolute Gasteiger partial charge is 0.360 e. The van der Waals surface area contributed by atoms with Crippen molar-refractivity contribution < 1.29 is 14.2 Å². The number of hydrogen-bond acceptors (Lipinski definition) is 9. The molecule has 2 aromatic rings. The van der Waals surface area contributed by atoms with E-state index in [9.17, 15) is 4.79 Å². The van der Waals surface area contributed by atoms with Gasteiger partial charge in [-0.05, 0) is 49.1 Å². The van der Waals surface area contributed by atoms with Crippen molar-refractivity contribution in [1.82, 2.24) is 30.2 Å².